The second kappa shape index (κ2) is 3.85. The van der Waals surface area contributed by atoms with Gasteiger partial charge in [-0.25, -0.2) is 4.39 Å². The molecule has 2 heterocycles. The van der Waals surface area contributed by atoms with Crippen molar-refractivity contribution in [2.45, 2.75) is 31.4 Å². The van der Waals surface area contributed by atoms with E-state index < -0.39 is 5.67 Å². The zero-order chi connectivity index (χ0) is 10.0. The van der Waals surface area contributed by atoms with E-state index in [0.717, 1.165) is 32.5 Å². The first-order valence-electron chi connectivity index (χ1n) is 5.41. The Bertz CT molecular complexity index is 220. The number of carbonyl (C=O) groups is 1. The van der Waals surface area contributed by atoms with Gasteiger partial charge in [-0.05, 0) is 32.4 Å². The Labute approximate surface area is 83.6 Å². The standard InChI is InChI=1S/C10H17FN2O/c11-10(3-1-5-12-6-4-10)9(14)13-7-2-8-13/h12H,1-8H2. The molecule has 80 valence electrons. The molecule has 1 N–H and O–H groups in total. The average Bonchev–Trinajstić information content (AvgIpc) is 2.28. The van der Waals surface area contributed by atoms with Gasteiger partial charge in [0.2, 0.25) is 0 Å². The molecule has 0 aromatic heterocycles. The molecule has 1 amide bonds. The molecular weight excluding hydrogens is 183 g/mol. The molecule has 0 aromatic rings. The van der Waals surface area contributed by atoms with Gasteiger partial charge in [0.15, 0.2) is 5.67 Å². The minimum Gasteiger partial charge on any atom is -0.340 e. The first kappa shape index (κ1) is 9.90. The van der Waals surface area contributed by atoms with Gasteiger partial charge >= 0.3 is 0 Å². The van der Waals surface area contributed by atoms with Crippen LogP contribution in [-0.4, -0.2) is 42.7 Å². The van der Waals surface area contributed by atoms with Crippen LogP contribution in [0.15, 0.2) is 0 Å². The number of halogens is 1. The highest BCUT2D eigenvalue weighted by Gasteiger charge is 2.42. The van der Waals surface area contributed by atoms with Crippen LogP contribution in [0, 0.1) is 0 Å². The van der Waals surface area contributed by atoms with E-state index in [-0.39, 0.29) is 5.91 Å². The number of nitrogens with one attached hydrogen (secondary N) is 1. The Morgan fingerprint density at radius 3 is 2.64 bits per heavy atom. The topological polar surface area (TPSA) is 32.3 Å². The van der Waals surface area contributed by atoms with Crippen molar-refractivity contribution in [3.8, 4) is 0 Å². The lowest BCUT2D eigenvalue weighted by atomic mass is 9.94. The Balaban J connectivity index is 2.00. The van der Waals surface area contributed by atoms with Crippen molar-refractivity contribution >= 4 is 5.91 Å². The number of nitrogens with zero attached hydrogens (tertiary/aromatic N) is 1. The fraction of sp³-hybridized carbons (Fsp3) is 0.900. The zero-order valence-corrected chi connectivity index (χ0v) is 8.39. The molecule has 14 heavy (non-hydrogen) atoms. The van der Waals surface area contributed by atoms with Crippen molar-refractivity contribution in [2.75, 3.05) is 26.2 Å². The molecule has 0 radical (unpaired) electrons. The number of alkyl halides is 1. The highest BCUT2D eigenvalue weighted by Crippen LogP contribution is 2.28. The van der Waals surface area contributed by atoms with Crippen LogP contribution in [0.1, 0.15) is 25.7 Å². The third-order valence-corrected chi connectivity index (χ3v) is 3.15. The van der Waals surface area contributed by atoms with Crippen LogP contribution < -0.4 is 5.32 Å². The van der Waals surface area contributed by atoms with Crippen LogP contribution in [0.4, 0.5) is 4.39 Å². The number of amides is 1. The van der Waals surface area contributed by atoms with Gasteiger partial charge in [-0.1, -0.05) is 0 Å². The summed E-state index contributed by atoms with van der Waals surface area (Å²) >= 11 is 0. The Morgan fingerprint density at radius 1 is 1.21 bits per heavy atom. The van der Waals surface area contributed by atoms with Crippen LogP contribution in [0.5, 0.6) is 0 Å². The van der Waals surface area contributed by atoms with Gasteiger partial charge < -0.3 is 10.2 Å². The van der Waals surface area contributed by atoms with E-state index in [2.05, 4.69) is 5.32 Å². The maximum Gasteiger partial charge on any atom is 0.260 e. The summed E-state index contributed by atoms with van der Waals surface area (Å²) in [7, 11) is 0. The van der Waals surface area contributed by atoms with E-state index in [9.17, 15) is 9.18 Å². The van der Waals surface area contributed by atoms with Gasteiger partial charge in [0.05, 0.1) is 0 Å². The molecule has 0 saturated carbocycles. The van der Waals surface area contributed by atoms with Crippen molar-refractivity contribution in [3.05, 3.63) is 0 Å². The van der Waals surface area contributed by atoms with Crippen molar-refractivity contribution < 1.29 is 9.18 Å². The maximum atomic E-state index is 14.3. The molecule has 2 rings (SSSR count). The Kier molecular flexibility index (Phi) is 2.72. The number of hydrogen-bond donors (Lipinski definition) is 1. The molecule has 2 fully saturated rings. The fourth-order valence-electron chi connectivity index (χ4n) is 2.05. The lowest BCUT2D eigenvalue weighted by molar-refractivity contribution is -0.148. The van der Waals surface area contributed by atoms with E-state index in [1.165, 1.54) is 0 Å². The monoisotopic (exact) mass is 200 g/mol. The third-order valence-electron chi connectivity index (χ3n) is 3.15. The molecule has 4 heteroatoms. The Hall–Kier alpha value is -0.640. The summed E-state index contributed by atoms with van der Waals surface area (Å²) in [5.41, 5.74) is -1.58. The van der Waals surface area contributed by atoms with Crippen LogP contribution in [0.25, 0.3) is 0 Å². The first-order valence-corrected chi connectivity index (χ1v) is 5.41. The predicted octanol–water partition coefficient (Wildman–Crippen LogP) is 0.700. The van der Waals surface area contributed by atoms with Crippen LogP contribution in [0.3, 0.4) is 0 Å². The Morgan fingerprint density at radius 2 is 2.00 bits per heavy atom. The summed E-state index contributed by atoms with van der Waals surface area (Å²) in [5.74, 6) is -0.271. The number of likely N-dealkylation sites (tertiary alicyclic amines) is 1. The molecule has 2 aliphatic heterocycles. The lowest BCUT2D eigenvalue weighted by Crippen LogP contribution is -2.52. The molecule has 2 saturated heterocycles. The summed E-state index contributed by atoms with van der Waals surface area (Å²) in [6.07, 6.45) is 2.51. The SMILES string of the molecule is O=C(N1CCC1)C1(F)CCCNCC1. The summed E-state index contributed by atoms with van der Waals surface area (Å²) in [4.78, 5) is 13.4. The summed E-state index contributed by atoms with van der Waals surface area (Å²) in [6.45, 7) is 2.95. The summed E-state index contributed by atoms with van der Waals surface area (Å²) in [5, 5.41) is 3.12. The minimum atomic E-state index is -1.58. The minimum absolute atomic E-state index is 0.271. The van der Waals surface area contributed by atoms with E-state index in [4.69, 9.17) is 0 Å². The maximum absolute atomic E-state index is 14.3. The number of rotatable bonds is 1. The smallest absolute Gasteiger partial charge is 0.260 e. The molecule has 1 unspecified atom stereocenters. The molecule has 2 aliphatic rings. The second-order valence-electron chi connectivity index (χ2n) is 4.21. The van der Waals surface area contributed by atoms with Crippen molar-refractivity contribution in [1.29, 1.82) is 0 Å². The van der Waals surface area contributed by atoms with Gasteiger partial charge in [0.25, 0.3) is 5.91 Å². The highest BCUT2D eigenvalue weighted by molar-refractivity contribution is 5.85. The summed E-state index contributed by atoms with van der Waals surface area (Å²) < 4.78 is 14.3. The van der Waals surface area contributed by atoms with Crippen molar-refractivity contribution in [1.82, 2.24) is 10.2 Å². The van der Waals surface area contributed by atoms with E-state index >= 15 is 0 Å². The van der Waals surface area contributed by atoms with Gasteiger partial charge in [0.1, 0.15) is 0 Å². The highest BCUT2D eigenvalue weighted by atomic mass is 19.1. The largest absolute Gasteiger partial charge is 0.340 e. The van der Waals surface area contributed by atoms with Gasteiger partial charge in [-0.2, -0.15) is 0 Å². The summed E-state index contributed by atoms with van der Waals surface area (Å²) in [6, 6.07) is 0. The van der Waals surface area contributed by atoms with E-state index in [1.54, 1.807) is 4.90 Å². The third kappa shape index (κ3) is 1.75. The molecule has 1 atom stereocenters. The van der Waals surface area contributed by atoms with Crippen LogP contribution in [0.2, 0.25) is 0 Å². The predicted molar refractivity (Wildman–Crippen MR) is 51.8 cm³/mol. The van der Waals surface area contributed by atoms with E-state index in [0.29, 0.717) is 19.4 Å². The average molecular weight is 200 g/mol. The molecule has 0 aliphatic carbocycles. The van der Waals surface area contributed by atoms with Crippen LogP contribution in [-0.2, 0) is 4.79 Å². The molecule has 0 aromatic carbocycles. The second-order valence-corrected chi connectivity index (χ2v) is 4.21. The lowest BCUT2D eigenvalue weighted by Gasteiger charge is -2.36. The zero-order valence-electron chi connectivity index (χ0n) is 8.39. The number of hydrogen-bond acceptors (Lipinski definition) is 2. The normalized spacial score (nSPS) is 33.4. The van der Waals surface area contributed by atoms with Gasteiger partial charge in [-0.15, -0.1) is 0 Å². The molecule has 3 nitrogen and oxygen atoms in total. The molecule has 0 bridgehead atoms. The number of carbonyl (C=O) groups excluding carboxylic acids is 1. The van der Waals surface area contributed by atoms with Crippen molar-refractivity contribution in [3.63, 3.8) is 0 Å². The fourth-order valence-corrected chi connectivity index (χ4v) is 2.05. The quantitative estimate of drug-likeness (QED) is 0.675. The van der Waals surface area contributed by atoms with Crippen molar-refractivity contribution in [2.24, 2.45) is 0 Å². The van der Waals surface area contributed by atoms with Gasteiger partial charge in [0, 0.05) is 19.5 Å². The van der Waals surface area contributed by atoms with E-state index in [1.807, 2.05) is 0 Å². The van der Waals surface area contributed by atoms with Crippen LogP contribution >= 0.6 is 0 Å². The van der Waals surface area contributed by atoms with Gasteiger partial charge in [-0.3, -0.25) is 4.79 Å². The molecular formula is C10H17FN2O. The first-order chi connectivity index (χ1) is 6.72. The molecule has 0 spiro atoms.